The van der Waals surface area contributed by atoms with Crippen molar-refractivity contribution in [2.75, 3.05) is 33.4 Å². The van der Waals surface area contributed by atoms with Crippen LogP contribution in [0, 0.1) is 0 Å². The molecule has 4 rings (SSSR count). The fourth-order valence-corrected chi connectivity index (χ4v) is 3.59. The van der Waals surface area contributed by atoms with Gasteiger partial charge in [0.1, 0.15) is 11.9 Å². The minimum atomic E-state index is -0.0399. The monoisotopic (exact) mass is 346 g/mol. The van der Waals surface area contributed by atoms with E-state index in [9.17, 15) is 4.79 Å². The number of carbonyl (C=O) groups is 1. The summed E-state index contributed by atoms with van der Waals surface area (Å²) < 4.78 is 11.9. The van der Waals surface area contributed by atoms with Crippen LogP contribution in [0.4, 0.5) is 4.79 Å². The van der Waals surface area contributed by atoms with Crippen molar-refractivity contribution >= 4 is 6.03 Å². The smallest absolute Gasteiger partial charge is 0.317 e. The number of ether oxygens (including phenoxy) is 2. The summed E-state index contributed by atoms with van der Waals surface area (Å²) in [6.45, 7) is 2.78. The number of piperidine rings is 1. The quantitative estimate of drug-likeness (QED) is 0.901. The summed E-state index contributed by atoms with van der Waals surface area (Å²) in [7, 11) is 1.67. The Kier molecular flexibility index (Phi) is 4.74. The predicted octanol–water partition coefficient (Wildman–Crippen LogP) is 1.65. The van der Waals surface area contributed by atoms with Gasteiger partial charge in [0.25, 0.3) is 0 Å². The molecule has 7 nitrogen and oxygen atoms in total. The fourth-order valence-electron chi connectivity index (χ4n) is 3.59. The average Bonchev–Trinajstić information content (AvgIpc) is 3.47. The second-order valence-electron chi connectivity index (χ2n) is 7.08. The van der Waals surface area contributed by atoms with E-state index in [1.54, 1.807) is 7.05 Å². The van der Waals surface area contributed by atoms with Crippen molar-refractivity contribution in [3.05, 3.63) is 17.1 Å². The molecule has 0 radical (unpaired) electrons. The first-order valence-electron chi connectivity index (χ1n) is 9.35. The molecule has 1 aromatic rings. The van der Waals surface area contributed by atoms with Crippen LogP contribution in [0.5, 0.6) is 5.88 Å². The number of likely N-dealkylation sites (tertiary alicyclic amines) is 1. The summed E-state index contributed by atoms with van der Waals surface area (Å²) in [4.78, 5) is 23.3. The maximum absolute atomic E-state index is 11.9. The van der Waals surface area contributed by atoms with Crippen LogP contribution in [0.2, 0.25) is 0 Å². The van der Waals surface area contributed by atoms with Gasteiger partial charge in [-0.15, -0.1) is 0 Å². The summed E-state index contributed by atoms with van der Waals surface area (Å²) in [5, 5.41) is 2.70. The lowest BCUT2D eigenvalue weighted by molar-refractivity contribution is 0.0968. The highest BCUT2D eigenvalue weighted by Crippen LogP contribution is 2.40. The second kappa shape index (κ2) is 7.15. The van der Waals surface area contributed by atoms with Crippen LogP contribution in [0.1, 0.15) is 48.7 Å². The Labute approximate surface area is 148 Å². The molecule has 1 saturated heterocycles. The molecule has 1 N–H and O–H groups in total. The molecule has 2 fully saturated rings. The van der Waals surface area contributed by atoms with Crippen molar-refractivity contribution in [3.8, 4) is 5.88 Å². The number of nitrogens with zero attached hydrogens (tertiary/aromatic N) is 3. The van der Waals surface area contributed by atoms with Crippen LogP contribution < -0.4 is 10.1 Å². The maximum atomic E-state index is 11.9. The first kappa shape index (κ1) is 16.6. The van der Waals surface area contributed by atoms with E-state index in [1.807, 2.05) is 4.90 Å². The minimum Gasteiger partial charge on any atom is -0.472 e. The van der Waals surface area contributed by atoms with Gasteiger partial charge < -0.3 is 19.7 Å². The van der Waals surface area contributed by atoms with Gasteiger partial charge in [0.15, 0.2) is 0 Å². The van der Waals surface area contributed by atoms with Gasteiger partial charge in [0, 0.05) is 37.9 Å². The fraction of sp³-hybridized carbons (Fsp3) is 0.722. The van der Waals surface area contributed by atoms with Crippen molar-refractivity contribution in [3.63, 3.8) is 0 Å². The molecule has 2 aliphatic heterocycles. The van der Waals surface area contributed by atoms with Crippen LogP contribution in [0.25, 0.3) is 0 Å². The molecular formula is C18H26N4O3. The van der Waals surface area contributed by atoms with E-state index < -0.39 is 0 Å². The largest absolute Gasteiger partial charge is 0.472 e. The van der Waals surface area contributed by atoms with E-state index in [0.29, 0.717) is 25.7 Å². The number of fused-ring (bicyclic) bond motifs is 1. The lowest BCUT2D eigenvalue weighted by Crippen LogP contribution is -2.47. The Bertz CT molecular complexity index is 647. The van der Waals surface area contributed by atoms with Gasteiger partial charge in [0.2, 0.25) is 5.88 Å². The lowest BCUT2D eigenvalue weighted by Gasteiger charge is -2.32. The molecule has 1 aromatic heterocycles. The number of nitrogens with one attached hydrogen (secondary N) is 1. The molecule has 25 heavy (non-hydrogen) atoms. The van der Waals surface area contributed by atoms with Crippen LogP contribution in [-0.2, 0) is 17.6 Å². The van der Waals surface area contributed by atoms with E-state index in [4.69, 9.17) is 19.4 Å². The van der Waals surface area contributed by atoms with Gasteiger partial charge in [-0.1, -0.05) is 0 Å². The van der Waals surface area contributed by atoms with Crippen molar-refractivity contribution in [2.45, 2.75) is 50.5 Å². The highest BCUT2D eigenvalue weighted by Gasteiger charge is 2.31. The zero-order valence-corrected chi connectivity index (χ0v) is 14.8. The third-order valence-electron chi connectivity index (χ3n) is 5.15. The number of urea groups is 1. The number of hydrogen-bond donors (Lipinski definition) is 1. The summed E-state index contributed by atoms with van der Waals surface area (Å²) >= 11 is 0. The van der Waals surface area contributed by atoms with Gasteiger partial charge in [-0.05, 0) is 25.7 Å². The van der Waals surface area contributed by atoms with E-state index in [1.165, 1.54) is 12.8 Å². The number of carbonyl (C=O) groups excluding carboxylic acids is 1. The number of hydrogen-bond acceptors (Lipinski definition) is 5. The Morgan fingerprint density at radius 2 is 2.08 bits per heavy atom. The number of amides is 2. The molecule has 0 bridgehead atoms. The topological polar surface area (TPSA) is 76.6 Å². The van der Waals surface area contributed by atoms with E-state index >= 15 is 0 Å². The molecule has 1 unspecified atom stereocenters. The molecule has 3 aliphatic rings. The molecule has 7 heteroatoms. The van der Waals surface area contributed by atoms with Gasteiger partial charge >= 0.3 is 6.03 Å². The number of rotatable bonds is 3. The molecule has 1 saturated carbocycles. The highest BCUT2D eigenvalue weighted by atomic mass is 16.5. The normalized spacial score (nSPS) is 23.6. The Balaban J connectivity index is 1.56. The first-order valence-corrected chi connectivity index (χ1v) is 9.35. The molecule has 3 heterocycles. The Morgan fingerprint density at radius 1 is 1.24 bits per heavy atom. The summed E-state index contributed by atoms with van der Waals surface area (Å²) in [6, 6.07) is -0.0399. The highest BCUT2D eigenvalue weighted by molar-refractivity contribution is 5.73. The van der Waals surface area contributed by atoms with Crippen molar-refractivity contribution in [1.29, 1.82) is 0 Å². The van der Waals surface area contributed by atoms with Gasteiger partial charge in [0.05, 0.1) is 25.5 Å². The van der Waals surface area contributed by atoms with E-state index in [2.05, 4.69) is 5.32 Å². The van der Waals surface area contributed by atoms with Crippen LogP contribution in [0.3, 0.4) is 0 Å². The molecule has 136 valence electrons. The minimum absolute atomic E-state index is 0.0127. The van der Waals surface area contributed by atoms with Gasteiger partial charge in [-0.2, -0.15) is 4.98 Å². The first-order chi connectivity index (χ1) is 12.2. The molecule has 1 aliphatic carbocycles. The SMILES string of the molecule is CNC(=O)N1CCCC(Oc2nc(C3CC3)nc3c2CCOCC3)C1. The molecule has 0 aromatic carbocycles. The Hall–Kier alpha value is -1.89. The molecule has 1 atom stereocenters. The summed E-state index contributed by atoms with van der Waals surface area (Å²) in [5.41, 5.74) is 2.18. The van der Waals surface area contributed by atoms with Crippen LogP contribution in [0.15, 0.2) is 0 Å². The third-order valence-corrected chi connectivity index (χ3v) is 5.15. The predicted molar refractivity (Wildman–Crippen MR) is 91.9 cm³/mol. The van der Waals surface area contributed by atoms with Crippen LogP contribution in [-0.4, -0.2) is 60.4 Å². The maximum Gasteiger partial charge on any atom is 0.317 e. The van der Waals surface area contributed by atoms with Gasteiger partial charge in [-0.3, -0.25) is 0 Å². The lowest BCUT2D eigenvalue weighted by atomic mass is 10.1. The molecular weight excluding hydrogens is 320 g/mol. The number of aromatic nitrogens is 2. The van der Waals surface area contributed by atoms with Gasteiger partial charge in [-0.25, -0.2) is 9.78 Å². The van der Waals surface area contributed by atoms with Crippen molar-refractivity contribution < 1.29 is 14.3 Å². The van der Waals surface area contributed by atoms with Crippen molar-refractivity contribution in [2.24, 2.45) is 0 Å². The van der Waals surface area contributed by atoms with Crippen LogP contribution >= 0.6 is 0 Å². The second-order valence-corrected chi connectivity index (χ2v) is 7.08. The zero-order chi connectivity index (χ0) is 17.2. The van der Waals surface area contributed by atoms with E-state index in [0.717, 1.165) is 55.2 Å². The van der Waals surface area contributed by atoms with Crippen molar-refractivity contribution in [1.82, 2.24) is 20.2 Å². The third kappa shape index (κ3) is 3.71. The zero-order valence-electron chi connectivity index (χ0n) is 14.8. The molecule has 0 spiro atoms. The standard InChI is InChI=1S/C18H26N4O3/c1-19-18(23)22-8-2-3-13(11-22)25-17-14-6-9-24-10-7-15(14)20-16(21-17)12-4-5-12/h12-13H,2-11H2,1H3,(H,19,23). The van der Waals surface area contributed by atoms with E-state index in [-0.39, 0.29) is 12.1 Å². The summed E-state index contributed by atoms with van der Waals surface area (Å²) in [6.07, 6.45) is 5.84. The average molecular weight is 346 g/mol. The Morgan fingerprint density at radius 3 is 2.88 bits per heavy atom. The summed E-state index contributed by atoms with van der Waals surface area (Å²) in [5.74, 6) is 2.14. The molecule has 2 amide bonds.